The summed E-state index contributed by atoms with van der Waals surface area (Å²) < 4.78 is 15.7. The molecular weight excluding hydrogens is 430 g/mol. The van der Waals surface area contributed by atoms with Gasteiger partial charge in [0.2, 0.25) is 5.91 Å². The molecule has 1 aromatic rings. The number of piperidine rings is 1. The van der Waals surface area contributed by atoms with Crippen molar-refractivity contribution in [2.45, 2.75) is 45.4 Å². The van der Waals surface area contributed by atoms with Gasteiger partial charge in [0.15, 0.2) is 11.5 Å². The molecule has 33 heavy (non-hydrogen) atoms. The highest BCUT2D eigenvalue weighted by Crippen LogP contribution is 2.36. The van der Waals surface area contributed by atoms with Crippen LogP contribution in [0, 0.1) is 16.0 Å². The predicted octanol–water partition coefficient (Wildman–Crippen LogP) is 3.18. The third kappa shape index (κ3) is 7.59. The first kappa shape index (κ1) is 26.4. The lowest BCUT2D eigenvalue weighted by atomic mass is 9.96. The van der Waals surface area contributed by atoms with E-state index < -0.39 is 10.8 Å². The summed E-state index contributed by atoms with van der Waals surface area (Å²) in [5.41, 5.74) is -0.452. The number of rotatable bonds is 13. The van der Waals surface area contributed by atoms with E-state index in [2.05, 4.69) is 12.2 Å². The number of likely N-dealkylation sites (tertiary alicyclic amines) is 1. The van der Waals surface area contributed by atoms with Crippen LogP contribution in [0.2, 0.25) is 0 Å². The molecule has 1 N–H and O–H groups in total. The Morgan fingerprint density at radius 2 is 1.97 bits per heavy atom. The van der Waals surface area contributed by atoms with Crippen LogP contribution in [0.25, 0.3) is 0 Å². The summed E-state index contributed by atoms with van der Waals surface area (Å²) in [6, 6.07) is 2.53. The molecule has 0 spiro atoms. The summed E-state index contributed by atoms with van der Waals surface area (Å²) in [4.78, 5) is 38.4. The first-order valence-electron chi connectivity index (χ1n) is 11.5. The van der Waals surface area contributed by atoms with Gasteiger partial charge in [0.25, 0.3) is 11.6 Å². The Morgan fingerprint density at radius 1 is 1.18 bits per heavy atom. The van der Waals surface area contributed by atoms with Gasteiger partial charge in [-0.05, 0) is 19.3 Å². The fourth-order valence-electron chi connectivity index (χ4n) is 3.83. The fraction of sp³-hybridized carbons (Fsp3) is 0.652. The highest BCUT2D eigenvalue weighted by atomic mass is 16.6. The van der Waals surface area contributed by atoms with Crippen molar-refractivity contribution in [3.8, 4) is 11.5 Å². The summed E-state index contributed by atoms with van der Waals surface area (Å²) in [5, 5.41) is 14.7. The minimum absolute atomic E-state index is 0.0713. The molecule has 1 aromatic carbocycles. The SMILES string of the molecule is CCCCCCNC(=O)C1CCCN(C(=O)c2cc(OC)c(OCCOC)cc2[N+](=O)[O-])C1. The normalized spacial score (nSPS) is 15.7. The number of nitrogens with zero attached hydrogens (tertiary/aromatic N) is 2. The second-order valence-corrected chi connectivity index (χ2v) is 8.06. The number of nitro benzene ring substituents is 1. The van der Waals surface area contributed by atoms with Crippen molar-refractivity contribution in [2.24, 2.45) is 5.92 Å². The van der Waals surface area contributed by atoms with E-state index in [0.717, 1.165) is 25.7 Å². The van der Waals surface area contributed by atoms with Crippen molar-refractivity contribution in [2.75, 3.05) is 47.1 Å². The lowest BCUT2D eigenvalue weighted by molar-refractivity contribution is -0.385. The Hall–Kier alpha value is -2.88. The Bertz CT molecular complexity index is 815. The molecule has 10 nitrogen and oxygen atoms in total. The van der Waals surface area contributed by atoms with Crippen LogP contribution in [0.3, 0.4) is 0 Å². The zero-order valence-corrected chi connectivity index (χ0v) is 19.8. The molecule has 0 radical (unpaired) electrons. The maximum absolute atomic E-state index is 13.2. The lowest BCUT2D eigenvalue weighted by Crippen LogP contribution is -2.45. The quantitative estimate of drug-likeness (QED) is 0.270. The van der Waals surface area contributed by atoms with Crippen LogP contribution < -0.4 is 14.8 Å². The van der Waals surface area contributed by atoms with Gasteiger partial charge < -0.3 is 24.4 Å². The molecule has 1 heterocycles. The van der Waals surface area contributed by atoms with Gasteiger partial charge in [-0.3, -0.25) is 19.7 Å². The number of methoxy groups -OCH3 is 2. The predicted molar refractivity (Wildman–Crippen MR) is 123 cm³/mol. The van der Waals surface area contributed by atoms with Gasteiger partial charge >= 0.3 is 0 Å². The lowest BCUT2D eigenvalue weighted by Gasteiger charge is -2.32. The van der Waals surface area contributed by atoms with Crippen LogP contribution in [-0.4, -0.2) is 68.7 Å². The Morgan fingerprint density at radius 3 is 2.64 bits per heavy atom. The van der Waals surface area contributed by atoms with Crippen LogP contribution in [-0.2, 0) is 9.53 Å². The maximum Gasteiger partial charge on any atom is 0.286 e. The summed E-state index contributed by atoms with van der Waals surface area (Å²) >= 11 is 0. The van der Waals surface area contributed by atoms with Gasteiger partial charge in [-0.25, -0.2) is 0 Å². The third-order valence-electron chi connectivity index (χ3n) is 5.66. The summed E-state index contributed by atoms with van der Waals surface area (Å²) in [7, 11) is 2.92. The maximum atomic E-state index is 13.2. The molecule has 184 valence electrons. The number of nitrogens with one attached hydrogen (secondary N) is 1. The average Bonchev–Trinajstić information content (AvgIpc) is 2.83. The van der Waals surface area contributed by atoms with Crippen molar-refractivity contribution < 1.29 is 28.7 Å². The Kier molecular flexibility index (Phi) is 10.9. The molecule has 1 fully saturated rings. The number of ether oxygens (including phenoxy) is 3. The van der Waals surface area contributed by atoms with Gasteiger partial charge in [-0.2, -0.15) is 0 Å². The van der Waals surface area contributed by atoms with E-state index in [1.807, 2.05) is 0 Å². The standard InChI is InChI=1S/C23H35N3O7/c1-4-5-6-7-10-24-22(27)17-9-8-11-25(16-17)23(28)18-14-20(32-3)21(33-13-12-31-2)15-19(18)26(29)30/h14-15,17H,4-13,16H2,1-3H3,(H,24,27). The van der Waals surface area contributed by atoms with Crippen molar-refractivity contribution in [3.05, 3.63) is 27.8 Å². The number of carbonyl (C=O) groups is 2. The molecule has 1 aliphatic rings. The van der Waals surface area contributed by atoms with Crippen LogP contribution >= 0.6 is 0 Å². The minimum Gasteiger partial charge on any atom is -0.493 e. The number of benzene rings is 1. The molecule has 0 bridgehead atoms. The summed E-state index contributed by atoms with van der Waals surface area (Å²) in [5.74, 6) is -0.511. The molecule has 2 rings (SSSR count). The molecule has 1 unspecified atom stereocenters. The van der Waals surface area contributed by atoms with E-state index in [0.29, 0.717) is 32.5 Å². The number of hydrogen-bond acceptors (Lipinski definition) is 7. The number of unbranched alkanes of at least 4 members (excludes halogenated alkanes) is 3. The number of amides is 2. The highest BCUT2D eigenvalue weighted by Gasteiger charge is 2.33. The second kappa shape index (κ2) is 13.6. The zero-order valence-electron chi connectivity index (χ0n) is 19.8. The van der Waals surface area contributed by atoms with Crippen LogP contribution in [0.1, 0.15) is 55.8 Å². The molecule has 2 amide bonds. The summed E-state index contributed by atoms with van der Waals surface area (Å²) in [6.45, 7) is 3.90. The van der Waals surface area contributed by atoms with Crippen LogP contribution in [0.4, 0.5) is 5.69 Å². The van der Waals surface area contributed by atoms with Crippen LogP contribution in [0.15, 0.2) is 12.1 Å². The molecule has 1 aliphatic heterocycles. The van der Waals surface area contributed by atoms with E-state index in [-0.39, 0.29) is 47.7 Å². The topological polar surface area (TPSA) is 120 Å². The van der Waals surface area contributed by atoms with Crippen molar-refractivity contribution in [1.82, 2.24) is 10.2 Å². The van der Waals surface area contributed by atoms with Gasteiger partial charge in [-0.15, -0.1) is 0 Å². The molecule has 0 aromatic heterocycles. The van der Waals surface area contributed by atoms with Crippen LogP contribution in [0.5, 0.6) is 11.5 Å². The highest BCUT2D eigenvalue weighted by molar-refractivity contribution is 5.99. The van der Waals surface area contributed by atoms with Crippen molar-refractivity contribution >= 4 is 17.5 Å². The largest absolute Gasteiger partial charge is 0.493 e. The van der Waals surface area contributed by atoms with E-state index in [4.69, 9.17) is 14.2 Å². The fourth-order valence-corrected chi connectivity index (χ4v) is 3.83. The van der Waals surface area contributed by atoms with E-state index in [9.17, 15) is 19.7 Å². The van der Waals surface area contributed by atoms with Gasteiger partial charge in [-0.1, -0.05) is 26.2 Å². The number of carbonyl (C=O) groups excluding carboxylic acids is 2. The Labute approximate surface area is 194 Å². The molecule has 1 atom stereocenters. The van der Waals surface area contributed by atoms with Crippen molar-refractivity contribution in [1.29, 1.82) is 0 Å². The summed E-state index contributed by atoms with van der Waals surface area (Å²) in [6.07, 6.45) is 5.61. The third-order valence-corrected chi connectivity index (χ3v) is 5.66. The minimum atomic E-state index is -0.611. The molecular formula is C23H35N3O7. The van der Waals surface area contributed by atoms with Gasteiger partial charge in [0.05, 0.1) is 30.6 Å². The molecule has 1 saturated heterocycles. The van der Waals surface area contributed by atoms with E-state index in [1.54, 1.807) is 0 Å². The molecule has 0 saturated carbocycles. The Balaban J connectivity index is 2.13. The number of hydrogen-bond donors (Lipinski definition) is 1. The number of nitro groups is 1. The van der Waals surface area contributed by atoms with Crippen molar-refractivity contribution in [3.63, 3.8) is 0 Å². The van der Waals surface area contributed by atoms with E-state index >= 15 is 0 Å². The van der Waals surface area contributed by atoms with E-state index in [1.165, 1.54) is 31.3 Å². The smallest absolute Gasteiger partial charge is 0.286 e. The average molecular weight is 466 g/mol. The monoisotopic (exact) mass is 465 g/mol. The first-order valence-corrected chi connectivity index (χ1v) is 11.5. The van der Waals surface area contributed by atoms with Gasteiger partial charge in [0, 0.05) is 32.8 Å². The second-order valence-electron chi connectivity index (χ2n) is 8.06. The first-order chi connectivity index (χ1) is 15.9. The molecule has 10 heteroatoms. The van der Waals surface area contributed by atoms with Gasteiger partial charge in [0.1, 0.15) is 12.2 Å². The zero-order chi connectivity index (χ0) is 24.2. The molecule has 0 aliphatic carbocycles.